The lowest BCUT2D eigenvalue weighted by molar-refractivity contribution is 0.614. The second-order valence-electron chi connectivity index (χ2n) is 8.03. The summed E-state index contributed by atoms with van der Waals surface area (Å²) in [5.74, 6) is 0. The van der Waals surface area contributed by atoms with Gasteiger partial charge >= 0.3 is 0 Å². The van der Waals surface area contributed by atoms with Crippen LogP contribution >= 0.6 is 11.6 Å². The molecule has 1 aliphatic rings. The number of benzene rings is 2. The van der Waals surface area contributed by atoms with E-state index in [4.69, 9.17) is 11.6 Å². The molecule has 2 aromatic carbocycles. The van der Waals surface area contributed by atoms with Gasteiger partial charge in [0, 0.05) is 25.2 Å². The fourth-order valence-electron chi connectivity index (χ4n) is 4.21. The lowest BCUT2D eigenvalue weighted by Gasteiger charge is -2.29. The first-order valence-corrected chi connectivity index (χ1v) is 11.2. The summed E-state index contributed by atoms with van der Waals surface area (Å²) in [6.45, 7) is 2.70. The summed E-state index contributed by atoms with van der Waals surface area (Å²) in [4.78, 5) is 19.6. The van der Waals surface area contributed by atoms with Gasteiger partial charge in [0.1, 0.15) is 5.02 Å². The summed E-state index contributed by atoms with van der Waals surface area (Å²) >= 11 is 6.51. The molecule has 32 heavy (non-hydrogen) atoms. The van der Waals surface area contributed by atoms with Gasteiger partial charge in [-0.15, -0.1) is 0 Å². The van der Waals surface area contributed by atoms with Crippen LogP contribution in [-0.4, -0.2) is 25.9 Å². The van der Waals surface area contributed by atoms with Gasteiger partial charge in [-0.1, -0.05) is 72.3 Å². The number of aromatic nitrogens is 4. The molecule has 2 aromatic heterocycles. The maximum absolute atomic E-state index is 12.8. The van der Waals surface area contributed by atoms with Crippen LogP contribution in [0.5, 0.6) is 0 Å². The normalized spacial score (nSPS) is 13.2. The van der Waals surface area contributed by atoms with Gasteiger partial charge in [0.15, 0.2) is 0 Å². The summed E-state index contributed by atoms with van der Waals surface area (Å²) < 4.78 is 3.66. The largest absolute Gasteiger partial charge is 0.362 e. The van der Waals surface area contributed by atoms with Crippen LogP contribution in [0.15, 0.2) is 78.0 Å². The van der Waals surface area contributed by atoms with Gasteiger partial charge in [-0.05, 0) is 17.5 Å². The minimum absolute atomic E-state index is 0.211. The Kier molecular flexibility index (Phi) is 5.77. The van der Waals surface area contributed by atoms with E-state index in [1.54, 1.807) is 6.20 Å². The van der Waals surface area contributed by atoms with Crippen molar-refractivity contribution in [1.29, 1.82) is 0 Å². The molecule has 0 radical (unpaired) electrons. The van der Waals surface area contributed by atoms with E-state index in [1.807, 2.05) is 42.7 Å². The maximum atomic E-state index is 12.8. The summed E-state index contributed by atoms with van der Waals surface area (Å²) in [5.41, 5.74) is 5.03. The highest BCUT2D eigenvalue weighted by Gasteiger charge is 2.24. The fourth-order valence-corrected chi connectivity index (χ4v) is 4.47. The molecule has 4 aromatic rings. The molecule has 162 valence electrons. The Morgan fingerprint density at radius 2 is 1.69 bits per heavy atom. The molecular weight excluding hydrogens is 422 g/mol. The van der Waals surface area contributed by atoms with E-state index in [1.165, 1.54) is 15.9 Å². The molecule has 0 N–H and O–H groups in total. The second kappa shape index (κ2) is 9.01. The zero-order valence-electron chi connectivity index (χ0n) is 17.7. The Bertz CT molecular complexity index is 1270. The summed E-state index contributed by atoms with van der Waals surface area (Å²) in [6.07, 6.45) is 5.45. The minimum atomic E-state index is -0.271. The number of anilines is 1. The molecule has 7 heteroatoms. The van der Waals surface area contributed by atoms with Crippen LogP contribution < -0.4 is 10.5 Å². The topological polar surface area (TPSA) is 56.0 Å². The first-order chi connectivity index (χ1) is 15.7. The van der Waals surface area contributed by atoms with E-state index in [9.17, 15) is 4.79 Å². The first-order valence-electron chi connectivity index (χ1n) is 10.8. The van der Waals surface area contributed by atoms with E-state index >= 15 is 0 Å². The van der Waals surface area contributed by atoms with E-state index in [-0.39, 0.29) is 10.6 Å². The van der Waals surface area contributed by atoms with Crippen LogP contribution in [0.25, 0.3) is 0 Å². The number of rotatable bonds is 6. The lowest BCUT2D eigenvalue weighted by Crippen LogP contribution is -2.34. The zero-order chi connectivity index (χ0) is 21.9. The Balaban J connectivity index is 1.31. The highest BCUT2D eigenvalue weighted by Crippen LogP contribution is 2.27. The highest BCUT2D eigenvalue weighted by atomic mass is 35.5. The molecule has 0 unspecified atom stereocenters. The number of imidazole rings is 1. The number of halogens is 1. The number of nitrogens with zero attached hydrogens (tertiary/aromatic N) is 5. The number of fused-ring (bicyclic) bond motifs is 1. The molecule has 3 heterocycles. The van der Waals surface area contributed by atoms with Crippen LogP contribution in [0, 0.1) is 0 Å². The molecule has 0 atom stereocenters. The quantitative estimate of drug-likeness (QED) is 0.451. The van der Waals surface area contributed by atoms with Gasteiger partial charge < -0.3 is 9.47 Å². The van der Waals surface area contributed by atoms with Crippen LogP contribution in [0.1, 0.15) is 22.5 Å². The van der Waals surface area contributed by atoms with Crippen molar-refractivity contribution in [3.8, 4) is 0 Å². The van der Waals surface area contributed by atoms with Gasteiger partial charge in [0.05, 0.1) is 37.0 Å². The minimum Gasteiger partial charge on any atom is -0.362 e. The average molecular weight is 446 g/mol. The van der Waals surface area contributed by atoms with Crippen molar-refractivity contribution in [3.05, 3.63) is 111 Å². The van der Waals surface area contributed by atoms with Crippen molar-refractivity contribution in [2.45, 2.75) is 32.5 Å². The SMILES string of the molecule is O=c1c(Cl)c(N2CCc3c(ncn3CCc3ccccc3)C2)cnn1Cc1ccccc1. The third kappa shape index (κ3) is 4.18. The molecule has 5 rings (SSSR count). The van der Waals surface area contributed by atoms with Gasteiger partial charge in [-0.25, -0.2) is 9.67 Å². The molecule has 1 aliphatic heterocycles. The number of hydrogen-bond donors (Lipinski definition) is 0. The van der Waals surface area contributed by atoms with E-state index in [2.05, 4.69) is 43.8 Å². The van der Waals surface area contributed by atoms with Crippen molar-refractivity contribution in [2.24, 2.45) is 0 Å². The molecule has 6 nitrogen and oxygen atoms in total. The summed E-state index contributed by atoms with van der Waals surface area (Å²) in [5, 5.41) is 4.60. The van der Waals surface area contributed by atoms with Crippen LogP contribution in [0.2, 0.25) is 5.02 Å². The monoisotopic (exact) mass is 445 g/mol. The van der Waals surface area contributed by atoms with Crippen LogP contribution in [0.4, 0.5) is 5.69 Å². The Labute approximate surface area is 191 Å². The van der Waals surface area contributed by atoms with Gasteiger partial charge in [-0.2, -0.15) is 5.10 Å². The maximum Gasteiger partial charge on any atom is 0.287 e. The Hall–Kier alpha value is -3.38. The Morgan fingerprint density at radius 1 is 0.969 bits per heavy atom. The number of hydrogen-bond acceptors (Lipinski definition) is 4. The predicted octanol–water partition coefficient (Wildman–Crippen LogP) is 3.95. The summed E-state index contributed by atoms with van der Waals surface area (Å²) in [6, 6.07) is 20.3. The third-order valence-electron chi connectivity index (χ3n) is 5.96. The Morgan fingerprint density at radius 3 is 2.44 bits per heavy atom. The van der Waals surface area contributed by atoms with Crippen molar-refractivity contribution < 1.29 is 0 Å². The summed E-state index contributed by atoms with van der Waals surface area (Å²) in [7, 11) is 0. The van der Waals surface area contributed by atoms with Crippen molar-refractivity contribution >= 4 is 17.3 Å². The average Bonchev–Trinajstić information content (AvgIpc) is 3.24. The van der Waals surface area contributed by atoms with Gasteiger partial charge in [-0.3, -0.25) is 4.79 Å². The van der Waals surface area contributed by atoms with Crippen molar-refractivity contribution in [2.75, 3.05) is 11.4 Å². The van der Waals surface area contributed by atoms with Crippen molar-refractivity contribution in [3.63, 3.8) is 0 Å². The van der Waals surface area contributed by atoms with Crippen LogP contribution in [0.3, 0.4) is 0 Å². The van der Waals surface area contributed by atoms with E-state index in [0.29, 0.717) is 18.8 Å². The van der Waals surface area contributed by atoms with Crippen molar-refractivity contribution in [1.82, 2.24) is 19.3 Å². The smallest absolute Gasteiger partial charge is 0.287 e. The number of aryl methyl sites for hydroxylation is 2. The van der Waals surface area contributed by atoms with Crippen LogP contribution in [-0.2, 0) is 32.5 Å². The zero-order valence-corrected chi connectivity index (χ0v) is 18.4. The third-order valence-corrected chi connectivity index (χ3v) is 6.31. The standard InChI is InChI=1S/C25H24ClN5O/c26-24-23(15-28-31(25(24)32)16-20-9-5-2-6-10-20)29-14-12-22-21(17-29)27-18-30(22)13-11-19-7-3-1-4-8-19/h1-10,15,18H,11-14,16-17H2. The molecule has 0 saturated carbocycles. The van der Waals surface area contributed by atoms with Gasteiger partial charge in [0.25, 0.3) is 5.56 Å². The first kappa shape index (κ1) is 20.5. The molecule has 0 aliphatic carbocycles. The molecule has 0 amide bonds. The fraction of sp³-hybridized carbons (Fsp3) is 0.240. The van der Waals surface area contributed by atoms with E-state index in [0.717, 1.165) is 37.2 Å². The highest BCUT2D eigenvalue weighted by molar-refractivity contribution is 6.33. The molecular formula is C25H24ClN5O. The molecule has 0 fully saturated rings. The second-order valence-corrected chi connectivity index (χ2v) is 8.41. The van der Waals surface area contributed by atoms with Gasteiger partial charge in [0.2, 0.25) is 0 Å². The predicted molar refractivity (Wildman–Crippen MR) is 126 cm³/mol. The molecule has 0 saturated heterocycles. The van der Waals surface area contributed by atoms with E-state index < -0.39 is 0 Å². The molecule has 0 bridgehead atoms. The lowest BCUT2D eigenvalue weighted by atomic mass is 10.1. The molecule has 0 spiro atoms.